The van der Waals surface area contributed by atoms with Crippen LogP contribution in [0.3, 0.4) is 0 Å². The molecule has 17 heavy (non-hydrogen) atoms. The van der Waals surface area contributed by atoms with Crippen LogP contribution in [0.5, 0.6) is 0 Å². The largest absolute Gasteiger partial charge is 0.481 e. The van der Waals surface area contributed by atoms with Crippen LogP contribution in [0, 0.1) is 11.8 Å². The van der Waals surface area contributed by atoms with Gasteiger partial charge in [0.05, 0.1) is 5.92 Å². The molecule has 0 saturated heterocycles. The third-order valence-electron chi connectivity index (χ3n) is 4.10. The van der Waals surface area contributed by atoms with Crippen LogP contribution in [0.25, 0.3) is 0 Å². The summed E-state index contributed by atoms with van der Waals surface area (Å²) in [5.74, 6) is -0.652. The Morgan fingerprint density at radius 1 is 0.941 bits per heavy atom. The van der Waals surface area contributed by atoms with Gasteiger partial charge in [0, 0.05) is 12.0 Å². The summed E-state index contributed by atoms with van der Waals surface area (Å²) in [7, 11) is 0. The van der Waals surface area contributed by atoms with Gasteiger partial charge in [0.2, 0.25) is 5.91 Å². The van der Waals surface area contributed by atoms with Gasteiger partial charge in [0.15, 0.2) is 0 Å². The van der Waals surface area contributed by atoms with Crippen LogP contribution in [0.1, 0.15) is 51.4 Å². The predicted molar refractivity (Wildman–Crippen MR) is 63.5 cm³/mol. The van der Waals surface area contributed by atoms with Crippen LogP contribution in [0.4, 0.5) is 0 Å². The minimum Gasteiger partial charge on any atom is -0.481 e. The zero-order valence-electron chi connectivity index (χ0n) is 10.2. The van der Waals surface area contributed by atoms with E-state index in [1.807, 2.05) is 0 Å². The summed E-state index contributed by atoms with van der Waals surface area (Å²) in [6.45, 7) is 0. The van der Waals surface area contributed by atoms with Crippen molar-refractivity contribution >= 4 is 11.9 Å². The van der Waals surface area contributed by atoms with E-state index in [-0.39, 0.29) is 23.8 Å². The summed E-state index contributed by atoms with van der Waals surface area (Å²) in [6.07, 6.45) is 7.51. The molecule has 0 heterocycles. The fourth-order valence-electron chi connectivity index (χ4n) is 3.05. The first-order chi connectivity index (χ1) is 8.16. The molecule has 0 unspecified atom stereocenters. The number of hydrogen-bond acceptors (Lipinski definition) is 2. The molecule has 0 aliphatic heterocycles. The van der Waals surface area contributed by atoms with Gasteiger partial charge in [0.1, 0.15) is 0 Å². The molecule has 0 aromatic heterocycles. The van der Waals surface area contributed by atoms with Crippen molar-refractivity contribution in [2.45, 2.75) is 57.4 Å². The second kappa shape index (κ2) is 5.52. The number of nitrogens with one attached hydrogen (secondary N) is 1. The molecule has 0 spiro atoms. The van der Waals surface area contributed by atoms with Crippen molar-refractivity contribution in [3.05, 3.63) is 0 Å². The molecule has 2 aliphatic carbocycles. The number of carbonyl (C=O) groups excluding carboxylic acids is 1. The lowest BCUT2D eigenvalue weighted by Gasteiger charge is -2.28. The first-order valence-electron chi connectivity index (χ1n) is 6.70. The van der Waals surface area contributed by atoms with E-state index >= 15 is 0 Å². The second-order valence-corrected chi connectivity index (χ2v) is 5.39. The molecule has 4 heteroatoms. The van der Waals surface area contributed by atoms with E-state index in [1.54, 1.807) is 0 Å². The second-order valence-electron chi connectivity index (χ2n) is 5.39. The van der Waals surface area contributed by atoms with Crippen molar-refractivity contribution in [2.24, 2.45) is 11.8 Å². The van der Waals surface area contributed by atoms with Crippen LogP contribution in [0.15, 0.2) is 0 Å². The highest BCUT2D eigenvalue weighted by Gasteiger charge is 2.30. The van der Waals surface area contributed by atoms with E-state index in [0.717, 1.165) is 44.9 Å². The van der Waals surface area contributed by atoms with Gasteiger partial charge < -0.3 is 10.4 Å². The van der Waals surface area contributed by atoms with Crippen LogP contribution in [0.2, 0.25) is 0 Å². The maximum absolute atomic E-state index is 11.9. The normalized spacial score (nSPS) is 30.1. The first kappa shape index (κ1) is 12.4. The van der Waals surface area contributed by atoms with E-state index in [9.17, 15) is 9.59 Å². The van der Waals surface area contributed by atoms with Crippen molar-refractivity contribution in [1.29, 1.82) is 0 Å². The van der Waals surface area contributed by atoms with Crippen molar-refractivity contribution < 1.29 is 14.7 Å². The topological polar surface area (TPSA) is 66.4 Å². The Morgan fingerprint density at radius 2 is 1.59 bits per heavy atom. The van der Waals surface area contributed by atoms with Crippen LogP contribution in [-0.2, 0) is 9.59 Å². The number of carboxylic acid groups (broad SMARTS) is 1. The minimum absolute atomic E-state index is 0.0814. The molecular formula is C13H21NO3. The third kappa shape index (κ3) is 3.20. The maximum atomic E-state index is 11.9. The molecule has 0 aromatic rings. The standard InChI is InChI=1S/C13H21NO3/c15-12(9-4-1-2-5-9)14-11-7-3-6-10(8-11)13(16)17/h9-11H,1-8H2,(H,14,15)(H,16,17)/t10-,11-/m1/s1. The Bertz CT molecular complexity index is 297. The Kier molecular flexibility index (Phi) is 4.02. The van der Waals surface area contributed by atoms with Gasteiger partial charge >= 0.3 is 5.97 Å². The van der Waals surface area contributed by atoms with E-state index in [2.05, 4.69) is 5.32 Å². The molecule has 2 saturated carbocycles. The average Bonchev–Trinajstić information content (AvgIpc) is 2.82. The van der Waals surface area contributed by atoms with Gasteiger partial charge in [-0.1, -0.05) is 19.3 Å². The molecule has 0 radical (unpaired) electrons. The number of rotatable bonds is 3. The smallest absolute Gasteiger partial charge is 0.306 e. The van der Waals surface area contributed by atoms with Crippen LogP contribution < -0.4 is 5.32 Å². The summed E-state index contributed by atoms with van der Waals surface area (Å²) in [5.41, 5.74) is 0. The van der Waals surface area contributed by atoms with E-state index in [1.165, 1.54) is 0 Å². The van der Waals surface area contributed by atoms with Crippen molar-refractivity contribution in [3.8, 4) is 0 Å². The lowest BCUT2D eigenvalue weighted by molar-refractivity contribution is -0.143. The van der Waals surface area contributed by atoms with Gasteiger partial charge in [-0.25, -0.2) is 0 Å². The molecule has 0 aromatic carbocycles. The van der Waals surface area contributed by atoms with Crippen molar-refractivity contribution in [1.82, 2.24) is 5.32 Å². The molecule has 2 aliphatic rings. The van der Waals surface area contributed by atoms with Gasteiger partial charge in [-0.05, 0) is 32.1 Å². The van der Waals surface area contributed by atoms with Crippen LogP contribution >= 0.6 is 0 Å². The van der Waals surface area contributed by atoms with Gasteiger partial charge in [0.25, 0.3) is 0 Å². The fourth-order valence-corrected chi connectivity index (χ4v) is 3.05. The monoisotopic (exact) mass is 239 g/mol. The Balaban J connectivity index is 1.81. The highest BCUT2D eigenvalue weighted by atomic mass is 16.4. The molecule has 0 bridgehead atoms. The molecular weight excluding hydrogens is 218 g/mol. The molecule has 4 nitrogen and oxygen atoms in total. The predicted octanol–water partition coefficient (Wildman–Crippen LogP) is 1.94. The number of aliphatic carboxylic acids is 1. The molecule has 96 valence electrons. The minimum atomic E-state index is -0.718. The molecule has 2 N–H and O–H groups in total. The zero-order chi connectivity index (χ0) is 12.3. The number of hydrogen-bond donors (Lipinski definition) is 2. The van der Waals surface area contributed by atoms with Crippen molar-refractivity contribution in [3.63, 3.8) is 0 Å². The SMILES string of the molecule is O=C(N[C@@H]1CCC[C@@H](C(=O)O)C1)C1CCCC1. The zero-order valence-corrected chi connectivity index (χ0v) is 10.2. The van der Waals surface area contributed by atoms with E-state index in [4.69, 9.17) is 5.11 Å². The van der Waals surface area contributed by atoms with Crippen LogP contribution in [-0.4, -0.2) is 23.0 Å². The Morgan fingerprint density at radius 3 is 2.24 bits per heavy atom. The molecule has 2 atom stereocenters. The summed E-state index contributed by atoms with van der Waals surface area (Å²) < 4.78 is 0. The lowest BCUT2D eigenvalue weighted by Crippen LogP contribution is -2.42. The summed E-state index contributed by atoms with van der Waals surface area (Å²) in [5, 5.41) is 12.0. The summed E-state index contributed by atoms with van der Waals surface area (Å²) in [4.78, 5) is 22.9. The molecule has 1 amide bonds. The lowest BCUT2D eigenvalue weighted by atomic mass is 9.85. The third-order valence-corrected chi connectivity index (χ3v) is 4.10. The van der Waals surface area contributed by atoms with E-state index in [0.29, 0.717) is 6.42 Å². The van der Waals surface area contributed by atoms with Gasteiger partial charge in [-0.3, -0.25) is 9.59 Å². The highest BCUT2D eigenvalue weighted by molar-refractivity contribution is 5.79. The summed E-state index contributed by atoms with van der Waals surface area (Å²) in [6, 6.07) is 0.0814. The maximum Gasteiger partial charge on any atom is 0.306 e. The van der Waals surface area contributed by atoms with E-state index < -0.39 is 5.97 Å². The number of carboxylic acids is 1. The fraction of sp³-hybridized carbons (Fsp3) is 0.846. The highest BCUT2D eigenvalue weighted by Crippen LogP contribution is 2.27. The average molecular weight is 239 g/mol. The Hall–Kier alpha value is -1.06. The molecule has 2 rings (SSSR count). The first-order valence-corrected chi connectivity index (χ1v) is 6.70. The molecule has 2 fully saturated rings. The van der Waals surface area contributed by atoms with Gasteiger partial charge in [-0.2, -0.15) is 0 Å². The Labute approximate surface area is 102 Å². The number of carbonyl (C=O) groups is 2. The quantitative estimate of drug-likeness (QED) is 0.791. The van der Waals surface area contributed by atoms with Crippen molar-refractivity contribution in [2.75, 3.05) is 0 Å². The summed E-state index contributed by atoms with van der Waals surface area (Å²) >= 11 is 0. The van der Waals surface area contributed by atoms with Gasteiger partial charge in [-0.15, -0.1) is 0 Å². The number of amides is 1.